The van der Waals surface area contributed by atoms with Gasteiger partial charge in [0, 0.05) is 12.1 Å². The fourth-order valence-corrected chi connectivity index (χ4v) is 8.05. The standard InChI is InChI=1S/C28H51N/c1-21(23-9-5-3-6-10-23)25-13-17-27(18-14-25)29-28-19-15-26(16-20-28)22(2)24-11-7-4-8-12-24/h21-29H,3-20H2,1-2H3. The predicted octanol–water partition coefficient (Wildman–Crippen LogP) is 8.13. The van der Waals surface area contributed by atoms with Crippen LogP contribution in [0.4, 0.5) is 0 Å². The molecular formula is C28H51N. The van der Waals surface area contributed by atoms with E-state index in [4.69, 9.17) is 0 Å². The lowest BCUT2D eigenvalue weighted by atomic mass is 9.69. The number of hydrogen-bond acceptors (Lipinski definition) is 1. The molecule has 0 radical (unpaired) electrons. The molecule has 0 saturated heterocycles. The van der Waals surface area contributed by atoms with Crippen molar-refractivity contribution in [3.8, 4) is 0 Å². The van der Waals surface area contributed by atoms with Gasteiger partial charge in [-0.2, -0.15) is 0 Å². The highest BCUT2D eigenvalue weighted by atomic mass is 15.0. The summed E-state index contributed by atoms with van der Waals surface area (Å²) in [7, 11) is 0. The lowest BCUT2D eigenvalue weighted by molar-refractivity contribution is 0.126. The van der Waals surface area contributed by atoms with Crippen molar-refractivity contribution >= 4 is 0 Å². The molecule has 2 atom stereocenters. The third-order valence-electron chi connectivity index (χ3n) is 10.3. The van der Waals surface area contributed by atoms with Crippen molar-refractivity contribution in [1.82, 2.24) is 5.32 Å². The van der Waals surface area contributed by atoms with Gasteiger partial charge in [0.25, 0.3) is 0 Å². The molecule has 1 nitrogen and oxygen atoms in total. The molecule has 4 aliphatic carbocycles. The minimum absolute atomic E-state index is 0.835. The first-order chi connectivity index (χ1) is 14.2. The highest BCUT2D eigenvalue weighted by Crippen LogP contribution is 2.41. The Hall–Kier alpha value is -0.0400. The van der Waals surface area contributed by atoms with Crippen LogP contribution in [-0.4, -0.2) is 12.1 Å². The van der Waals surface area contributed by atoms with E-state index in [0.29, 0.717) is 0 Å². The summed E-state index contributed by atoms with van der Waals surface area (Å²) in [5.41, 5.74) is 0. The van der Waals surface area contributed by atoms with Crippen molar-refractivity contribution in [1.29, 1.82) is 0 Å². The Bertz CT molecular complexity index is 403. The first-order valence-electron chi connectivity index (χ1n) is 14.0. The van der Waals surface area contributed by atoms with E-state index < -0.39 is 0 Å². The van der Waals surface area contributed by atoms with Crippen molar-refractivity contribution < 1.29 is 0 Å². The Balaban J connectivity index is 1.14. The highest BCUT2D eigenvalue weighted by molar-refractivity contribution is 4.88. The maximum atomic E-state index is 4.14. The van der Waals surface area contributed by atoms with Crippen molar-refractivity contribution in [3.05, 3.63) is 0 Å². The maximum Gasteiger partial charge on any atom is 0.00698 e. The van der Waals surface area contributed by atoms with Crippen LogP contribution in [-0.2, 0) is 0 Å². The second-order valence-electron chi connectivity index (χ2n) is 11.9. The molecule has 4 saturated carbocycles. The van der Waals surface area contributed by atoms with Crippen LogP contribution in [0, 0.1) is 35.5 Å². The fourth-order valence-electron chi connectivity index (χ4n) is 8.05. The van der Waals surface area contributed by atoms with Gasteiger partial charge in [-0.15, -0.1) is 0 Å². The van der Waals surface area contributed by atoms with Crippen LogP contribution in [0.3, 0.4) is 0 Å². The lowest BCUT2D eigenvalue weighted by Gasteiger charge is -2.41. The molecule has 0 bridgehead atoms. The van der Waals surface area contributed by atoms with E-state index in [1.165, 1.54) is 116 Å². The molecule has 0 aromatic carbocycles. The van der Waals surface area contributed by atoms with Gasteiger partial charge in [-0.05, 0) is 86.9 Å². The highest BCUT2D eigenvalue weighted by Gasteiger charge is 2.33. The van der Waals surface area contributed by atoms with Crippen molar-refractivity contribution in [2.75, 3.05) is 0 Å². The molecule has 4 rings (SSSR count). The van der Waals surface area contributed by atoms with Crippen LogP contribution in [0.5, 0.6) is 0 Å². The molecule has 0 heterocycles. The average Bonchev–Trinajstić information content (AvgIpc) is 2.80. The smallest absolute Gasteiger partial charge is 0.00698 e. The molecular weight excluding hydrogens is 350 g/mol. The summed E-state index contributed by atoms with van der Waals surface area (Å²) in [5.74, 6) is 6.16. The quantitative estimate of drug-likeness (QED) is 0.473. The third-order valence-corrected chi connectivity index (χ3v) is 10.3. The van der Waals surface area contributed by atoms with Gasteiger partial charge in [-0.3, -0.25) is 0 Å². The van der Waals surface area contributed by atoms with Gasteiger partial charge >= 0.3 is 0 Å². The van der Waals surface area contributed by atoms with Crippen molar-refractivity contribution in [2.45, 2.75) is 142 Å². The Morgan fingerprint density at radius 2 is 0.724 bits per heavy atom. The minimum Gasteiger partial charge on any atom is -0.311 e. The zero-order valence-electron chi connectivity index (χ0n) is 19.8. The van der Waals surface area contributed by atoms with E-state index in [0.717, 1.165) is 47.6 Å². The molecule has 1 N–H and O–H groups in total. The Labute approximate surface area is 182 Å². The average molecular weight is 402 g/mol. The summed E-state index contributed by atoms with van der Waals surface area (Å²) in [5, 5.41) is 4.14. The van der Waals surface area contributed by atoms with E-state index in [1.807, 2.05) is 0 Å². The predicted molar refractivity (Wildman–Crippen MR) is 126 cm³/mol. The number of nitrogens with one attached hydrogen (secondary N) is 1. The number of rotatable bonds is 6. The first-order valence-corrected chi connectivity index (χ1v) is 14.0. The van der Waals surface area contributed by atoms with Gasteiger partial charge in [0.2, 0.25) is 0 Å². The maximum absolute atomic E-state index is 4.14. The van der Waals surface area contributed by atoms with Crippen LogP contribution in [0.1, 0.15) is 129 Å². The third kappa shape index (κ3) is 6.02. The van der Waals surface area contributed by atoms with E-state index >= 15 is 0 Å². The molecule has 1 heteroatoms. The van der Waals surface area contributed by atoms with Crippen LogP contribution < -0.4 is 5.32 Å². The summed E-state index contributed by atoms with van der Waals surface area (Å²) in [6, 6.07) is 1.67. The van der Waals surface area contributed by atoms with Crippen molar-refractivity contribution in [3.63, 3.8) is 0 Å². The van der Waals surface area contributed by atoms with Gasteiger partial charge in [0.15, 0.2) is 0 Å². The van der Waals surface area contributed by atoms with Gasteiger partial charge < -0.3 is 5.32 Å². The zero-order valence-corrected chi connectivity index (χ0v) is 19.8. The minimum atomic E-state index is 0.835. The monoisotopic (exact) mass is 401 g/mol. The summed E-state index contributed by atoms with van der Waals surface area (Å²) in [6.07, 6.45) is 27.0. The van der Waals surface area contributed by atoms with Crippen LogP contribution >= 0.6 is 0 Å². The summed E-state index contributed by atoms with van der Waals surface area (Å²) in [6.45, 7) is 5.20. The zero-order chi connectivity index (χ0) is 20.1. The lowest BCUT2D eigenvalue weighted by Crippen LogP contribution is -2.43. The van der Waals surface area contributed by atoms with Crippen LogP contribution in [0.15, 0.2) is 0 Å². The first kappa shape index (κ1) is 22.2. The Kier molecular flexibility index (Phi) is 8.42. The second-order valence-corrected chi connectivity index (χ2v) is 11.9. The Morgan fingerprint density at radius 3 is 1.07 bits per heavy atom. The molecule has 0 amide bonds. The summed E-state index contributed by atoms with van der Waals surface area (Å²) < 4.78 is 0. The normalized spacial score (nSPS) is 37.9. The van der Waals surface area contributed by atoms with Crippen LogP contribution in [0.2, 0.25) is 0 Å². The van der Waals surface area contributed by atoms with E-state index in [9.17, 15) is 0 Å². The second kappa shape index (κ2) is 11.0. The Morgan fingerprint density at radius 1 is 0.414 bits per heavy atom. The fraction of sp³-hybridized carbons (Fsp3) is 1.00. The molecule has 4 aliphatic rings. The molecule has 29 heavy (non-hydrogen) atoms. The molecule has 0 aromatic rings. The van der Waals surface area contributed by atoms with Gasteiger partial charge in [-0.1, -0.05) is 78.1 Å². The van der Waals surface area contributed by atoms with Gasteiger partial charge in [0.05, 0.1) is 0 Å². The molecule has 4 fully saturated rings. The molecule has 2 unspecified atom stereocenters. The largest absolute Gasteiger partial charge is 0.311 e. The van der Waals surface area contributed by atoms with Crippen LogP contribution in [0.25, 0.3) is 0 Å². The number of hydrogen-bond donors (Lipinski definition) is 1. The molecule has 168 valence electrons. The van der Waals surface area contributed by atoms with E-state index in [1.54, 1.807) is 0 Å². The molecule has 0 aromatic heterocycles. The molecule has 0 spiro atoms. The van der Waals surface area contributed by atoms with E-state index in [-0.39, 0.29) is 0 Å². The summed E-state index contributed by atoms with van der Waals surface area (Å²) >= 11 is 0. The SMILES string of the molecule is CC(C1CCCCC1)C1CCC(NC2CCC(C(C)C3CCCCC3)CC2)CC1. The topological polar surface area (TPSA) is 12.0 Å². The van der Waals surface area contributed by atoms with Crippen molar-refractivity contribution in [2.24, 2.45) is 35.5 Å². The van der Waals surface area contributed by atoms with E-state index in [2.05, 4.69) is 19.2 Å². The van der Waals surface area contributed by atoms with Gasteiger partial charge in [0.1, 0.15) is 0 Å². The molecule has 0 aliphatic heterocycles. The van der Waals surface area contributed by atoms with Gasteiger partial charge in [-0.25, -0.2) is 0 Å². The summed E-state index contributed by atoms with van der Waals surface area (Å²) in [4.78, 5) is 0.